The summed E-state index contributed by atoms with van der Waals surface area (Å²) in [5, 5.41) is 7.58. The van der Waals surface area contributed by atoms with Crippen molar-refractivity contribution in [3.63, 3.8) is 0 Å². The topological polar surface area (TPSA) is 69.4 Å². The standard InChI is InChI=1S/C14H23N3O3/c1-3-19-14(4-6-18-7-5-14)13-16-12(20-17-13)11-9-15-8-10(11)2/h10-11,15H,3-9H2,1-2H3/t10-,11-/m1/s1. The van der Waals surface area contributed by atoms with Crippen molar-refractivity contribution in [3.8, 4) is 0 Å². The molecule has 3 rings (SSSR count). The van der Waals surface area contributed by atoms with E-state index < -0.39 is 5.60 Å². The molecule has 2 saturated heterocycles. The lowest BCUT2D eigenvalue weighted by molar-refractivity contribution is -0.118. The highest BCUT2D eigenvalue weighted by Gasteiger charge is 2.41. The quantitative estimate of drug-likeness (QED) is 0.900. The summed E-state index contributed by atoms with van der Waals surface area (Å²) in [6.45, 7) is 8.14. The zero-order valence-corrected chi connectivity index (χ0v) is 12.2. The summed E-state index contributed by atoms with van der Waals surface area (Å²) in [7, 11) is 0. The average Bonchev–Trinajstić information content (AvgIpc) is 3.08. The molecule has 0 aromatic carbocycles. The molecule has 2 aliphatic rings. The molecule has 2 aliphatic heterocycles. The maximum absolute atomic E-state index is 5.98. The van der Waals surface area contributed by atoms with Crippen LogP contribution in [0.25, 0.3) is 0 Å². The van der Waals surface area contributed by atoms with E-state index in [1.165, 1.54) is 0 Å². The Kier molecular flexibility index (Phi) is 4.05. The smallest absolute Gasteiger partial charge is 0.231 e. The Morgan fingerprint density at radius 2 is 2.15 bits per heavy atom. The van der Waals surface area contributed by atoms with Gasteiger partial charge in [0.1, 0.15) is 5.60 Å². The fraction of sp³-hybridized carbons (Fsp3) is 0.857. The second-order valence-electron chi connectivity index (χ2n) is 5.74. The van der Waals surface area contributed by atoms with Gasteiger partial charge in [-0.3, -0.25) is 0 Å². The second kappa shape index (κ2) is 5.79. The first-order valence-electron chi connectivity index (χ1n) is 7.51. The van der Waals surface area contributed by atoms with Crippen molar-refractivity contribution in [3.05, 3.63) is 11.7 Å². The highest BCUT2D eigenvalue weighted by atomic mass is 16.5. The molecule has 1 N–H and O–H groups in total. The predicted molar refractivity (Wildman–Crippen MR) is 72.4 cm³/mol. The van der Waals surface area contributed by atoms with Crippen molar-refractivity contribution >= 4 is 0 Å². The SMILES string of the molecule is CCOC1(c2noc([C@@H]3CNC[C@H]3C)n2)CCOCC1. The van der Waals surface area contributed by atoms with Crippen LogP contribution < -0.4 is 5.32 Å². The predicted octanol–water partition coefficient (Wildman–Crippen LogP) is 1.43. The van der Waals surface area contributed by atoms with Crippen molar-refractivity contribution in [2.24, 2.45) is 5.92 Å². The van der Waals surface area contributed by atoms with Crippen LogP contribution in [0.2, 0.25) is 0 Å². The number of nitrogens with zero attached hydrogens (tertiary/aromatic N) is 2. The Bertz CT molecular complexity index is 437. The molecule has 0 saturated carbocycles. The van der Waals surface area contributed by atoms with Gasteiger partial charge in [0.2, 0.25) is 11.7 Å². The van der Waals surface area contributed by atoms with E-state index in [4.69, 9.17) is 14.0 Å². The molecule has 2 atom stereocenters. The van der Waals surface area contributed by atoms with Gasteiger partial charge in [-0.1, -0.05) is 12.1 Å². The first-order chi connectivity index (χ1) is 9.75. The molecule has 6 heteroatoms. The van der Waals surface area contributed by atoms with Crippen LogP contribution in [0.15, 0.2) is 4.52 Å². The van der Waals surface area contributed by atoms with Crippen LogP contribution in [-0.4, -0.2) is 43.1 Å². The van der Waals surface area contributed by atoms with Crippen LogP contribution in [0.3, 0.4) is 0 Å². The first kappa shape index (κ1) is 14.0. The molecule has 0 unspecified atom stereocenters. The van der Waals surface area contributed by atoms with Crippen LogP contribution >= 0.6 is 0 Å². The van der Waals surface area contributed by atoms with Crippen molar-refractivity contribution < 1.29 is 14.0 Å². The van der Waals surface area contributed by atoms with Gasteiger partial charge in [0.15, 0.2) is 0 Å². The number of nitrogens with one attached hydrogen (secondary N) is 1. The molecule has 3 heterocycles. The molecule has 20 heavy (non-hydrogen) atoms. The van der Waals surface area contributed by atoms with Crippen LogP contribution in [0, 0.1) is 5.92 Å². The van der Waals surface area contributed by atoms with Gasteiger partial charge in [-0.15, -0.1) is 0 Å². The van der Waals surface area contributed by atoms with Crippen LogP contribution in [-0.2, 0) is 15.1 Å². The van der Waals surface area contributed by atoms with E-state index in [0.717, 1.165) is 31.8 Å². The average molecular weight is 281 g/mol. The molecular weight excluding hydrogens is 258 g/mol. The van der Waals surface area contributed by atoms with Gasteiger partial charge < -0.3 is 19.3 Å². The fourth-order valence-corrected chi connectivity index (χ4v) is 3.12. The molecule has 0 amide bonds. The Hall–Kier alpha value is -0.980. The van der Waals surface area contributed by atoms with E-state index in [-0.39, 0.29) is 0 Å². The molecule has 2 fully saturated rings. The van der Waals surface area contributed by atoms with Gasteiger partial charge >= 0.3 is 0 Å². The van der Waals surface area contributed by atoms with E-state index in [9.17, 15) is 0 Å². The molecule has 0 aliphatic carbocycles. The molecule has 112 valence electrons. The molecular formula is C14H23N3O3. The zero-order chi connectivity index (χ0) is 14.0. The van der Waals surface area contributed by atoms with Crippen molar-refractivity contribution in [2.45, 2.75) is 38.2 Å². The summed E-state index contributed by atoms with van der Waals surface area (Å²) in [4.78, 5) is 4.66. The van der Waals surface area contributed by atoms with Gasteiger partial charge in [0, 0.05) is 39.2 Å². The van der Waals surface area contributed by atoms with E-state index >= 15 is 0 Å². The molecule has 0 radical (unpaired) electrons. The lowest BCUT2D eigenvalue weighted by Crippen LogP contribution is -2.37. The number of rotatable bonds is 4. The lowest BCUT2D eigenvalue weighted by Gasteiger charge is -2.33. The van der Waals surface area contributed by atoms with Crippen molar-refractivity contribution in [1.29, 1.82) is 0 Å². The molecule has 6 nitrogen and oxygen atoms in total. The largest absolute Gasteiger partial charge is 0.381 e. The maximum atomic E-state index is 5.98. The Morgan fingerprint density at radius 3 is 2.80 bits per heavy atom. The van der Waals surface area contributed by atoms with E-state index in [2.05, 4.69) is 22.4 Å². The number of aromatic nitrogens is 2. The Labute approximate surface area is 119 Å². The van der Waals surface area contributed by atoms with Gasteiger partial charge in [0.05, 0.1) is 5.92 Å². The normalized spacial score (nSPS) is 29.7. The van der Waals surface area contributed by atoms with Crippen molar-refractivity contribution in [1.82, 2.24) is 15.5 Å². The van der Waals surface area contributed by atoms with E-state index in [1.807, 2.05) is 6.92 Å². The maximum Gasteiger partial charge on any atom is 0.231 e. The summed E-state index contributed by atoms with van der Waals surface area (Å²) >= 11 is 0. The highest BCUT2D eigenvalue weighted by Crippen LogP contribution is 2.36. The number of ether oxygens (including phenoxy) is 2. The number of hydrogen-bond acceptors (Lipinski definition) is 6. The minimum absolute atomic E-state index is 0.315. The summed E-state index contributed by atoms with van der Waals surface area (Å²) in [5.74, 6) is 2.27. The second-order valence-corrected chi connectivity index (χ2v) is 5.74. The van der Waals surface area contributed by atoms with Crippen LogP contribution in [0.5, 0.6) is 0 Å². The molecule has 0 spiro atoms. The van der Waals surface area contributed by atoms with Crippen molar-refractivity contribution in [2.75, 3.05) is 32.9 Å². The van der Waals surface area contributed by atoms with Gasteiger partial charge in [-0.25, -0.2) is 0 Å². The third-order valence-corrected chi connectivity index (χ3v) is 4.41. The Morgan fingerprint density at radius 1 is 1.35 bits per heavy atom. The van der Waals surface area contributed by atoms with E-state index in [0.29, 0.717) is 37.5 Å². The Balaban J connectivity index is 1.83. The zero-order valence-electron chi connectivity index (χ0n) is 12.2. The minimum atomic E-state index is -0.427. The van der Waals surface area contributed by atoms with Gasteiger partial charge in [0.25, 0.3) is 0 Å². The monoisotopic (exact) mass is 281 g/mol. The molecule has 0 bridgehead atoms. The first-order valence-corrected chi connectivity index (χ1v) is 7.51. The summed E-state index contributed by atoms with van der Waals surface area (Å²) in [6.07, 6.45) is 1.58. The summed E-state index contributed by atoms with van der Waals surface area (Å²) in [5.41, 5.74) is -0.427. The molecule has 1 aromatic rings. The number of hydrogen-bond donors (Lipinski definition) is 1. The van der Waals surface area contributed by atoms with Crippen LogP contribution in [0.1, 0.15) is 44.3 Å². The van der Waals surface area contributed by atoms with Gasteiger partial charge in [-0.05, 0) is 19.4 Å². The fourth-order valence-electron chi connectivity index (χ4n) is 3.12. The minimum Gasteiger partial charge on any atom is -0.381 e. The molecule has 1 aromatic heterocycles. The van der Waals surface area contributed by atoms with Crippen LogP contribution in [0.4, 0.5) is 0 Å². The summed E-state index contributed by atoms with van der Waals surface area (Å²) < 4.78 is 16.9. The highest BCUT2D eigenvalue weighted by molar-refractivity contribution is 5.07. The van der Waals surface area contributed by atoms with E-state index in [1.54, 1.807) is 0 Å². The van der Waals surface area contributed by atoms with Gasteiger partial charge in [-0.2, -0.15) is 4.98 Å². The third kappa shape index (κ3) is 2.47. The lowest BCUT2D eigenvalue weighted by atomic mass is 9.93. The summed E-state index contributed by atoms with van der Waals surface area (Å²) in [6, 6.07) is 0. The third-order valence-electron chi connectivity index (χ3n) is 4.41.